The van der Waals surface area contributed by atoms with Crippen molar-refractivity contribution < 1.29 is 14.7 Å². The Morgan fingerprint density at radius 1 is 1.67 bits per heavy atom. The van der Waals surface area contributed by atoms with E-state index in [9.17, 15) is 9.59 Å². The molecule has 0 unspecified atom stereocenters. The number of carbonyl (C=O) groups is 1. The molecule has 0 rings (SSSR count). The zero-order valence-electron chi connectivity index (χ0n) is 6.91. The predicted octanol–water partition coefficient (Wildman–Crippen LogP) is 1.13. The molecule has 0 radical (unpaired) electrons. The van der Waals surface area contributed by atoms with Crippen LogP contribution in [0.1, 0.15) is 19.8 Å². The summed E-state index contributed by atoms with van der Waals surface area (Å²) in [6, 6.07) is 0. The van der Waals surface area contributed by atoms with Crippen molar-refractivity contribution in [1.82, 2.24) is 0 Å². The van der Waals surface area contributed by atoms with Crippen molar-refractivity contribution >= 4 is 12.0 Å². The van der Waals surface area contributed by atoms with Crippen molar-refractivity contribution in [2.75, 3.05) is 6.54 Å². The summed E-state index contributed by atoms with van der Waals surface area (Å²) in [5, 5.41) is 8.55. The highest BCUT2D eigenvalue weighted by Gasteiger charge is 2.01. The highest BCUT2D eigenvalue weighted by atomic mass is 16.4. The number of hydrogen-bond acceptors (Lipinski definition) is 3. The number of hydrogen-bond donors (Lipinski definition) is 1. The van der Waals surface area contributed by atoms with Crippen LogP contribution in [0.3, 0.4) is 0 Å². The third-order valence-electron chi connectivity index (χ3n) is 1.35. The maximum Gasteiger partial charge on any atom is 0.331 e. The van der Waals surface area contributed by atoms with Gasteiger partial charge in [0.2, 0.25) is 6.08 Å². The summed E-state index contributed by atoms with van der Waals surface area (Å²) in [7, 11) is 0. The molecule has 0 aliphatic heterocycles. The molecule has 12 heavy (non-hydrogen) atoms. The first-order valence-electron chi connectivity index (χ1n) is 3.68. The molecule has 0 heterocycles. The van der Waals surface area contributed by atoms with Gasteiger partial charge < -0.3 is 5.11 Å². The van der Waals surface area contributed by atoms with Gasteiger partial charge in [-0.05, 0) is 12.8 Å². The maximum absolute atomic E-state index is 10.4. The van der Waals surface area contributed by atoms with Crippen molar-refractivity contribution in [2.24, 2.45) is 4.99 Å². The summed E-state index contributed by atoms with van der Waals surface area (Å²) >= 11 is 0. The quantitative estimate of drug-likeness (QED) is 0.290. The van der Waals surface area contributed by atoms with Gasteiger partial charge >= 0.3 is 5.97 Å². The van der Waals surface area contributed by atoms with Crippen molar-refractivity contribution in [3.8, 4) is 0 Å². The summed E-state index contributed by atoms with van der Waals surface area (Å²) in [5.41, 5.74) is 0.357. The summed E-state index contributed by atoms with van der Waals surface area (Å²) in [5.74, 6) is -0.910. The summed E-state index contributed by atoms with van der Waals surface area (Å²) in [6.45, 7) is 2.07. The van der Waals surface area contributed by atoms with Crippen LogP contribution in [0.15, 0.2) is 16.6 Å². The fraction of sp³-hybridized carbons (Fsp3) is 0.500. The lowest BCUT2D eigenvalue weighted by Crippen LogP contribution is -1.99. The maximum atomic E-state index is 10.4. The van der Waals surface area contributed by atoms with Crippen molar-refractivity contribution in [1.29, 1.82) is 0 Å². The molecule has 0 amide bonds. The molecule has 0 fully saturated rings. The van der Waals surface area contributed by atoms with Gasteiger partial charge in [0.05, 0.1) is 6.54 Å². The average molecular weight is 169 g/mol. The molecule has 0 spiro atoms. The number of isocyanates is 1. The lowest BCUT2D eigenvalue weighted by atomic mass is 10.2. The van der Waals surface area contributed by atoms with Crippen LogP contribution in [0.2, 0.25) is 0 Å². The van der Waals surface area contributed by atoms with Crippen molar-refractivity contribution in [2.45, 2.75) is 19.8 Å². The van der Waals surface area contributed by atoms with Crippen LogP contribution in [-0.2, 0) is 9.59 Å². The van der Waals surface area contributed by atoms with E-state index < -0.39 is 5.97 Å². The molecule has 0 saturated carbocycles. The molecule has 0 aromatic heterocycles. The molecule has 0 aromatic rings. The Balaban J connectivity index is 3.94. The molecule has 0 aliphatic carbocycles. The van der Waals surface area contributed by atoms with E-state index in [-0.39, 0.29) is 0 Å². The van der Waals surface area contributed by atoms with Crippen LogP contribution in [0.25, 0.3) is 0 Å². The Morgan fingerprint density at radius 2 is 2.33 bits per heavy atom. The lowest BCUT2D eigenvalue weighted by Gasteiger charge is -1.94. The Morgan fingerprint density at radius 3 is 2.75 bits per heavy atom. The molecular formula is C8H11NO3. The van der Waals surface area contributed by atoms with E-state index >= 15 is 0 Å². The van der Waals surface area contributed by atoms with Crippen LogP contribution >= 0.6 is 0 Å². The highest BCUT2D eigenvalue weighted by molar-refractivity contribution is 5.86. The highest BCUT2D eigenvalue weighted by Crippen LogP contribution is 2.01. The Hall–Kier alpha value is -1.41. The topological polar surface area (TPSA) is 66.7 Å². The van der Waals surface area contributed by atoms with Gasteiger partial charge in [-0.1, -0.05) is 13.0 Å². The predicted molar refractivity (Wildman–Crippen MR) is 43.6 cm³/mol. The number of carbonyl (C=O) groups excluding carboxylic acids is 1. The van der Waals surface area contributed by atoms with Crippen molar-refractivity contribution in [3.63, 3.8) is 0 Å². The van der Waals surface area contributed by atoms with E-state index in [2.05, 4.69) is 4.99 Å². The fourth-order valence-corrected chi connectivity index (χ4v) is 0.732. The number of aliphatic carboxylic acids is 1. The fourth-order valence-electron chi connectivity index (χ4n) is 0.732. The largest absolute Gasteiger partial charge is 0.478 e. The van der Waals surface area contributed by atoms with Crippen LogP contribution < -0.4 is 0 Å². The van der Waals surface area contributed by atoms with Crippen molar-refractivity contribution in [3.05, 3.63) is 11.6 Å². The number of carboxylic acids is 1. The van der Waals surface area contributed by atoms with Crippen LogP contribution in [-0.4, -0.2) is 23.7 Å². The minimum absolute atomic E-state index is 0.306. The zero-order valence-corrected chi connectivity index (χ0v) is 6.91. The Labute approximate surface area is 70.6 Å². The second-order valence-electron chi connectivity index (χ2n) is 2.15. The van der Waals surface area contributed by atoms with Gasteiger partial charge in [0.1, 0.15) is 0 Å². The smallest absolute Gasteiger partial charge is 0.331 e. The number of carboxylic acid groups (broad SMARTS) is 1. The van der Waals surface area contributed by atoms with E-state index in [1.807, 2.05) is 0 Å². The second kappa shape index (κ2) is 6.31. The third-order valence-corrected chi connectivity index (χ3v) is 1.35. The third kappa shape index (κ3) is 4.41. The molecule has 0 aliphatic rings. The number of aliphatic imine (C=N–C) groups is 1. The summed E-state index contributed by atoms with van der Waals surface area (Å²) < 4.78 is 0. The van der Waals surface area contributed by atoms with Gasteiger partial charge in [0.15, 0.2) is 0 Å². The van der Waals surface area contributed by atoms with Gasteiger partial charge in [0, 0.05) is 5.57 Å². The van der Waals surface area contributed by atoms with E-state index in [1.165, 1.54) is 6.08 Å². The SMILES string of the molecule is CCC(=CCCN=C=O)C(=O)O. The first-order valence-corrected chi connectivity index (χ1v) is 3.68. The molecule has 66 valence electrons. The number of nitrogens with zero attached hydrogens (tertiary/aromatic N) is 1. The Bertz CT molecular complexity index is 226. The molecule has 0 bridgehead atoms. The van der Waals surface area contributed by atoms with Gasteiger partial charge in [-0.25, -0.2) is 14.6 Å². The normalized spacial score (nSPS) is 10.6. The van der Waals surface area contributed by atoms with E-state index in [0.29, 0.717) is 25.0 Å². The standard InChI is InChI=1S/C8H11NO3/c1-2-7(8(11)12)4-3-5-9-6-10/h4H,2-3,5H2,1H3,(H,11,12). The van der Waals surface area contributed by atoms with Gasteiger partial charge in [-0.3, -0.25) is 0 Å². The molecular weight excluding hydrogens is 158 g/mol. The molecule has 4 heteroatoms. The monoisotopic (exact) mass is 169 g/mol. The molecule has 1 N–H and O–H groups in total. The summed E-state index contributed by atoms with van der Waals surface area (Å²) in [4.78, 5) is 23.3. The molecule has 0 saturated heterocycles. The molecule has 0 aromatic carbocycles. The van der Waals surface area contributed by atoms with Crippen LogP contribution in [0, 0.1) is 0 Å². The van der Waals surface area contributed by atoms with E-state index in [4.69, 9.17) is 5.11 Å². The molecule has 0 atom stereocenters. The summed E-state index contributed by atoms with van der Waals surface area (Å²) in [6.07, 6.45) is 3.92. The van der Waals surface area contributed by atoms with E-state index in [1.54, 1.807) is 13.0 Å². The van der Waals surface area contributed by atoms with E-state index in [0.717, 1.165) is 0 Å². The zero-order chi connectivity index (χ0) is 9.40. The lowest BCUT2D eigenvalue weighted by molar-refractivity contribution is -0.132. The first-order chi connectivity index (χ1) is 5.72. The van der Waals surface area contributed by atoms with Gasteiger partial charge in [0.25, 0.3) is 0 Å². The molecule has 4 nitrogen and oxygen atoms in total. The van der Waals surface area contributed by atoms with Crippen LogP contribution in [0.5, 0.6) is 0 Å². The average Bonchev–Trinajstić information content (AvgIpc) is 2.04. The first kappa shape index (κ1) is 10.6. The van der Waals surface area contributed by atoms with Gasteiger partial charge in [-0.2, -0.15) is 0 Å². The number of rotatable bonds is 5. The second-order valence-corrected chi connectivity index (χ2v) is 2.15. The van der Waals surface area contributed by atoms with Crippen LogP contribution in [0.4, 0.5) is 0 Å². The Kier molecular flexibility index (Phi) is 5.57. The minimum atomic E-state index is -0.910. The van der Waals surface area contributed by atoms with Gasteiger partial charge in [-0.15, -0.1) is 0 Å². The minimum Gasteiger partial charge on any atom is -0.478 e.